The van der Waals surface area contributed by atoms with Crippen LogP contribution in [0.5, 0.6) is 0 Å². The summed E-state index contributed by atoms with van der Waals surface area (Å²) in [4.78, 5) is 15.3. The van der Waals surface area contributed by atoms with Crippen LogP contribution in [0.25, 0.3) is 27.4 Å². The molecule has 0 radical (unpaired) electrons. The average Bonchev–Trinajstić information content (AvgIpc) is 3.25. The molecule has 1 N–H and O–H groups in total. The zero-order valence-corrected chi connectivity index (χ0v) is 18.8. The summed E-state index contributed by atoms with van der Waals surface area (Å²) >= 11 is 8.03. The lowest BCUT2D eigenvalue weighted by Gasteiger charge is -2.17. The van der Waals surface area contributed by atoms with Gasteiger partial charge in [-0.15, -0.1) is 11.3 Å². The van der Waals surface area contributed by atoms with Crippen molar-refractivity contribution in [2.24, 2.45) is 0 Å². The second-order valence-corrected chi connectivity index (χ2v) is 8.45. The van der Waals surface area contributed by atoms with Gasteiger partial charge in [-0.3, -0.25) is 0 Å². The lowest BCUT2D eigenvalue weighted by molar-refractivity contribution is -0.131. The van der Waals surface area contributed by atoms with Gasteiger partial charge in [-0.1, -0.05) is 54.9 Å². The summed E-state index contributed by atoms with van der Waals surface area (Å²) in [6.07, 6.45) is 3.34. The quantitative estimate of drug-likeness (QED) is 0.237. The topological polar surface area (TPSA) is 50.2 Å². The number of nitrogens with zero attached hydrogens (tertiary/aromatic N) is 1. The first-order chi connectivity index (χ1) is 15.5. The standard InChI is InChI=1S/C26H19ClFNO2S/c1-2-20(21-10-9-19(28)14-22(21)27)26(18-8-11-24-23(13-18)29-15-32-24)17-6-3-16(4-7-17)5-12-25(30)31/h3-15H,2H2,1H3,(H,30,31). The van der Waals surface area contributed by atoms with Crippen LogP contribution in [0.15, 0.2) is 72.3 Å². The number of aromatic nitrogens is 1. The van der Waals surface area contributed by atoms with Gasteiger partial charge in [-0.2, -0.15) is 0 Å². The Labute approximate surface area is 194 Å². The van der Waals surface area contributed by atoms with Crippen LogP contribution in [0.3, 0.4) is 0 Å². The molecule has 0 fully saturated rings. The predicted molar refractivity (Wildman–Crippen MR) is 130 cm³/mol. The van der Waals surface area contributed by atoms with Crippen molar-refractivity contribution in [2.75, 3.05) is 0 Å². The zero-order valence-electron chi connectivity index (χ0n) is 17.2. The smallest absolute Gasteiger partial charge is 0.328 e. The lowest BCUT2D eigenvalue weighted by Crippen LogP contribution is -1.96. The highest BCUT2D eigenvalue weighted by atomic mass is 35.5. The first-order valence-corrected chi connectivity index (χ1v) is 11.3. The lowest BCUT2D eigenvalue weighted by atomic mass is 9.87. The highest BCUT2D eigenvalue weighted by molar-refractivity contribution is 7.16. The van der Waals surface area contributed by atoms with Crippen LogP contribution in [0.2, 0.25) is 5.02 Å². The Kier molecular flexibility index (Phi) is 6.49. The maximum atomic E-state index is 13.7. The molecule has 0 amide bonds. The van der Waals surface area contributed by atoms with Gasteiger partial charge in [0.05, 0.1) is 20.7 Å². The van der Waals surface area contributed by atoms with Crippen molar-refractivity contribution in [2.45, 2.75) is 13.3 Å². The molecule has 0 spiro atoms. The fraction of sp³-hybridized carbons (Fsp3) is 0.0769. The largest absolute Gasteiger partial charge is 0.478 e. The van der Waals surface area contributed by atoms with Crippen LogP contribution in [0, 0.1) is 5.82 Å². The molecule has 4 rings (SSSR count). The van der Waals surface area contributed by atoms with Crippen molar-refractivity contribution in [3.05, 3.63) is 105 Å². The van der Waals surface area contributed by atoms with Crippen LogP contribution in [-0.2, 0) is 4.79 Å². The predicted octanol–water partition coefficient (Wildman–Crippen LogP) is 7.56. The van der Waals surface area contributed by atoms with E-state index in [1.165, 1.54) is 12.1 Å². The third-order valence-corrected chi connectivity index (χ3v) is 6.27. The van der Waals surface area contributed by atoms with Crippen molar-refractivity contribution in [1.82, 2.24) is 4.98 Å². The summed E-state index contributed by atoms with van der Waals surface area (Å²) < 4.78 is 14.8. The number of carbonyl (C=O) groups is 1. The number of aliphatic carboxylic acids is 1. The maximum absolute atomic E-state index is 13.7. The number of rotatable bonds is 6. The molecule has 0 bridgehead atoms. The van der Waals surface area contributed by atoms with E-state index in [0.717, 1.165) is 49.7 Å². The molecule has 1 aromatic heterocycles. The van der Waals surface area contributed by atoms with Crippen molar-refractivity contribution < 1.29 is 14.3 Å². The summed E-state index contributed by atoms with van der Waals surface area (Å²) in [5, 5.41) is 9.23. The zero-order chi connectivity index (χ0) is 22.7. The summed E-state index contributed by atoms with van der Waals surface area (Å²) in [6.45, 7) is 2.04. The number of hydrogen-bond acceptors (Lipinski definition) is 3. The first kappa shape index (κ1) is 21.9. The molecule has 3 nitrogen and oxygen atoms in total. The Morgan fingerprint density at radius 3 is 2.53 bits per heavy atom. The molecular weight excluding hydrogens is 445 g/mol. The van der Waals surface area contributed by atoms with Crippen molar-refractivity contribution in [3.63, 3.8) is 0 Å². The molecule has 0 aliphatic rings. The van der Waals surface area contributed by atoms with Gasteiger partial charge in [-0.25, -0.2) is 14.2 Å². The highest BCUT2D eigenvalue weighted by Gasteiger charge is 2.16. The van der Waals surface area contributed by atoms with Crippen LogP contribution in [0.4, 0.5) is 4.39 Å². The van der Waals surface area contributed by atoms with Gasteiger partial charge in [0.1, 0.15) is 5.82 Å². The number of carboxylic acid groups (broad SMARTS) is 1. The Morgan fingerprint density at radius 2 is 1.84 bits per heavy atom. The van der Waals surface area contributed by atoms with Gasteiger partial charge in [0, 0.05) is 6.08 Å². The Hall–Kier alpha value is -3.28. The van der Waals surface area contributed by atoms with E-state index in [1.54, 1.807) is 23.5 Å². The second kappa shape index (κ2) is 9.47. The van der Waals surface area contributed by atoms with Crippen LogP contribution < -0.4 is 0 Å². The SMILES string of the molecule is CCC(=C(c1ccc(C=CC(=O)O)cc1)c1ccc2scnc2c1)c1ccc(F)cc1Cl. The van der Waals surface area contributed by atoms with Crippen LogP contribution in [-0.4, -0.2) is 16.1 Å². The molecule has 0 unspecified atom stereocenters. The molecule has 0 saturated carbocycles. The average molecular weight is 464 g/mol. The molecule has 1 heterocycles. The minimum Gasteiger partial charge on any atom is -0.478 e. The molecule has 4 aromatic rings. The Balaban J connectivity index is 1.93. The van der Waals surface area contributed by atoms with E-state index < -0.39 is 5.97 Å². The molecule has 0 saturated heterocycles. The molecular formula is C26H19ClFNO2S. The molecule has 0 atom stereocenters. The van der Waals surface area contributed by atoms with Gasteiger partial charge < -0.3 is 5.11 Å². The number of hydrogen-bond donors (Lipinski definition) is 1. The van der Waals surface area contributed by atoms with Crippen molar-refractivity contribution in [1.29, 1.82) is 0 Å². The molecule has 0 aliphatic carbocycles. The van der Waals surface area contributed by atoms with E-state index in [2.05, 4.69) is 11.1 Å². The summed E-state index contributed by atoms with van der Waals surface area (Å²) in [5.41, 5.74) is 8.18. The van der Waals surface area contributed by atoms with E-state index in [1.807, 2.05) is 48.8 Å². The first-order valence-electron chi connectivity index (χ1n) is 10.00. The summed E-state index contributed by atoms with van der Waals surface area (Å²) in [5.74, 6) is -1.38. The fourth-order valence-electron chi connectivity index (χ4n) is 3.69. The maximum Gasteiger partial charge on any atom is 0.328 e. The third kappa shape index (κ3) is 4.64. The number of fused-ring (bicyclic) bond motifs is 1. The minimum absolute atomic E-state index is 0.357. The van der Waals surface area contributed by atoms with Gasteiger partial charge in [0.15, 0.2) is 0 Å². The van der Waals surface area contributed by atoms with Crippen molar-refractivity contribution >= 4 is 56.3 Å². The van der Waals surface area contributed by atoms with Gasteiger partial charge in [-0.05, 0) is 70.2 Å². The monoisotopic (exact) mass is 463 g/mol. The number of benzene rings is 3. The van der Waals surface area contributed by atoms with Gasteiger partial charge >= 0.3 is 5.97 Å². The molecule has 0 aliphatic heterocycles. The number of thiazole rings is 1. The minimum atomic E-state index is -0.995. The van der Waals surface area contributed by atoms with Gasteiger partial charge in [0.2, 0.25) is 0 Å². The number of carboxylic acids is 1. The Morgan fingerprint density at radius 1 is 1.09 bits per heavy atom. The molecule has 160 valence electrons. The van der Waals surface area contributed by atoms with Crippen LogP contribution in [0.1, 0.15) is 35.6 Å². The van der Waals surface area contributed by atoms with E-state index in [9.17, 15) is 9.18 Å². The van der Waals surface area contributed by atoms with E-state index in [0.29, 0.717) is 11.4 Å². The molecule has 3 aromatic carbocycles. The number of halogens is 2. The van der Waals surface area contributed by atoms with Gasteiger partial charge in [0.25, 0.3) is 0 Å². The van der Waals surface area contributed by atoms with E-state index in [-0.39, 0.29) is 5.82 Å². The number of allylic oxidation sites excluding steroid dienone is 1. The van der Waals surface area contributed by atoms with E-state index in [4.69, 9.17) is 16.7 Å². The molecule has 6 heteroatoms. The normalized spacial score (nSPS) is 12.3. The summed E-state index contributed by atoms with van der Waals surface area (Å²) in [7, 11) is 0. The van der Waals surface area contributed by atoms with Crippen molar-refractivity contribution in [3.8, 4) is 0 Å². The summed E-state index contributed by atoms with van der Waals surface area (Å²) in [6, 6.07) is 18.3. The third-order valence-electron chi connectivity index (χ3n) is 5.15. The van der Waals surface area contributed by atoms with Crippen LogP contribution >= 0.6 is 22.9 Å². The van der Waals surface area contributed by atoms with E-state index >= 15 is 0 Å². The molecule has 32 heavy (non-hydrogen) atoms. The Bertz CT molecular complexity index is 1360. The second-order valence-electron chi connectivity index (χ2n) is 7.16. The highest BCUT2D eigenvalue weighted by Crippen LogP contribution is 2.38. The fourth-order valence-corrected chi connectivity index (χ4v) is 4.63.